The van der Waals surface area contributed by atoms with Gasteiger partial charge in [-0.1, -0.05) is 30.3 Å². The zero-order valence-electron chi connectivity index (χ0n) is 13.3. The molecule has 0 saturated carbocycles. The van der Waals surface area contributed by atoms with Crippen molar-refractivity contribution in [2.24, 2.45) is 0 Å². The van der Waals surface area contributed by atoms with Crippen LogP contribution < -0.4 is 5.32 Å². The average Bonchev–Trinajstić information content (AvgIpc) is 3.00. The summed E-state index contributed by atoms with van der Waals surface area (Å²) in [6.07, 6.45) is 1.54. The van der Waals surface area contributed by atoms with Gasteiger partial charge in [0.05, 0.1) is 11.4 Å². The lowest BCUT2D eigenvalue weighted by Crippen LogP contribution is -2.32. The number of carbonyl (C=O) groups is 1. The van der Waals surface area contributed by atoms with Gasteiger partial charge in [-0.2, -0.15) is 9.61 Å². The highest BCUT2D eigenvalue weighted by Crippen LogP contribution is 2.24. The van der Waals surface area contributed by atoms with Gasteiger partial charge in [0, 0.05) is 14.1 Å². The van der Waals surface area contributed by atoms with Crippen LogP contribution in [-0.2, 0) is 4.79 Å². The Bertz CT molecular complexity index is 827. The summed E-state index contributed by atoms with van der Waals surface area (Å²) >= 11 is 0. The van der Waals surface area contributed by atoms with Crippen molar-refractivity contribution >= 4 is 17.2 Å². The molecule has 118 valence electrons. The Morgan fingerprint density at radius 1 is 1.26 bits per heavy atom. The van der Waals surface area contributed by atoms with E-state index in [2.05, 4.69) is 20.6 Å². The van der Waals surface area contributed by atoms with E-state index in [-0.39, 0.29) is 5.91 Å². The van der Waals surface area contributed by atoms with Crippen LogP contribution in [0.15, 0.2) is 42.7 Å². The molecule has 3 rings (SSSR count). The number of likely N-dealkylation sites (N-methyl/N-ethyl adjacent to an activating group) is 1. The van der Waals surface area contributed by atoms with E-state index in [0.29, 0.717) is 5.65 Å². The van der Waals surface area contributed by atoms with Crippen LogP contribution in [0.3, 0.4) is 0 Å². The van der Waals surface area contributed by atoms with Gasteiger partial charge in [-0.15, -0.1) is 10.2 Å². The molecule has 0 aliphatic rings. The van der Waals surface area contributed by atoms with Crippen LogP contribution in [0.25, 0.3) is 5.65 Å². The van der Waals surface area contributed by atoms with Crippen LogP contribution in [-0.4, -0.2) is 44.7 Å². The van der Waals surface area contributed by atoms with Crippen molar-refractivity contribution in [3.63, 3.8) is 0 Å². The number of aryl methyl sites for hydroxylation is 1. The highest BCUT2D eigenvalue weighted by Gasteiger charge is 2.23. The molecule has 0 aliphatic carbocycles. The number of benzene rings is 1. The fourth-order valence-electron chi connectivity index (χ4n) is 2.41. The first-order valence-corrected chi connectivity index (χ1v) is 7.26. The molecule has 1 amide bonds. The van der Waals surface area contributed by atoms with E-state index in [9.17, 15) is 4.79 Å². The predicted octanol–water partition coefficient (Wildman–Crippen LogP) is 1.67. The molecule has 1 N–H and O–H groups in total. The Labute approximate surface area is 133 Å². The number of amides is 1. The zero-order valence-corrected chi connectivity index (χ0v) is 13.3. The third-order valence-electron chi connectivity index (χ3n) is 3.51. The molecule has 1 aromatic carbocycles. The van der Waals surface area contributed by atoms with Crippen molar-refractivity contribution in [1.29, 1.82) is 0 Å². The van der Waals surface area contributed by atoms with Gasteiger partial charge in [-0.25, -0.2) is 0 Å². The number of nitrogens with zero attached hydrogens (tertiary/aromatic N) is 5. The molecule has 1 atom stereocenters. The van der Waals surface area contributed by atoms with Gasteiger partial charge in [0.15, 0.2) is 0 Å². The summed E-state index contributed by atoms with van der Waals surface area (Å²) in [7, 11) is 3.48. The van der Waals surface area contributed by atoms with E-state index in [1.54, 1.807) is 29.8 Å². The molecule has 2 heterocycles. The highest BCUT2D eigenvalue weighted by molar-refractivity contribution is 5.87. The molecule has 3 aromatic rings. The fraction of sp³-hybridized carbons (Fsp3) is 0.250. The highest BCUT2D eigenvalue weighted by atomic mass is 16.2. The number of hydrogen-bond acceptors (Lipinski definition) is 5. The van der Waals surface area contributed by atoms with E-state index in [1.165, 1.54) is 0 Å². The molecule has 23 heavy (non-hydrogen) atoms. The molecule has 0 radical (unpaired) electrons. The van der Waals surface area contributed by atoms with E-state index < -0.39 is 6.04 Å². The first-order chi connectivity index (χ1) is 11.1. The maximum absolute atomic E-state index is 12.6. The van der Waals surface area contributed by atoms with Crippen molar-refractivity contribution in [2.75, 3.05) is 19.4 Å². The average molecular weight is 310 g/mol. The Kier molecular flexibility index (Phi) is 3.92. The molecule has 0 bridgehead atoms. The van der Waals surface area contributed by atoms with Gasteiger partial charge in [0.25, 0.3) is 0 Å². The summed E-state index contributed by atoms with van der Waals surface area (Å²) in [6.45, 7) is 1.88. The number of anilines is 1. The van der Waals surface area contributed by atoms with Crippen molar-refractivity contribution in [3.05, 3.63) is 54.0 Å². The normalized spacial score (nSPS) is 12.1. The molecule has 2 aromatic heterocycles. The SMILES string of the molecule is Cc1cc(NC(C(=O)N(C)C)c2ccccc2)c2nncn2n1. The van der Waals surface area contributed by atoms with Crippen LogP contribution in [0, 0.1) is 6.92 Å². The lowest BCUT2D eigenvalue weighted by molar-refractivity contribution is -0.129. The number of nitrogens with one attached hydrogen (secondary N) is 1. The predicted molar refractivity (Wildman–Crippen MR) is 87.0 cm³/mol. The van der Waals surface area contributed by atoms with Crippen LogP contribution >= 0.6 is 0 Å². The molecule has 0 spiro atoms. The largest absolute Gasteiger partial charge is 0.367 e. The quantitative estimate of drug-likeness (QED) is 0.793. The summed E-state index contributed by atoms with van der Waals surface area (Å²) in [5, 5.41) is 15.6. The first-order valence-electron chi connectivity index (χ1n) is 7.26. The van der Waals surface area contributed by atoms with Crippen molar-refractivity contribution < 1.29 is 4.79 Å². The van der Waals surface area contributed by atoms with E-state index in [1.807, 2.05) is 43.3 Å². The van der Waals surface area contributed by atoms with Crippen molar-refractivity contribution in [1.82, 2.24) is 24.7 Å². The van der Waals surface area contributed by atoms with E-state index in [4.69, 9.17) is 0 Å². The summed E-state index contributed by atoms with van der Waals surface area (Å²) in [4.78, 5) is 14.2. The third kappa shape index (κ3) is 2.98. The summed E-state index contributed by atoms with van der Waals surface area (Å²) in [5.74, 6) is -0.0386. The summed E-state index contributed by atoms with van der Waals surface area (Å²) < 4.78 is 1.60. The second-order valence-corrected chi connectivity index (χ2v) is 5.52. The minimum atomic E-state index is -0.506. The second kappa shape index (κ2) is 6.04. The smallest absolute Gasteiger partial charge is 0.249 e. The molecular formula is C16H18N6O. The number of aromatic nitrogens is 4. The van der Waals surface area contributed by atoms with E-state index >= 15 is 0 Å². The molecule has 0 fully saturated rings. The summed E-state index contributed by atoms with van der Waals surface area (Å²) in [6, 6.07) is 11.0. The van der Waals surface area contributed by atoms with Crippen LogP contribution in [0.1, 0.15) is 17.3 Å². The third-order valence-corrected chi connectivity index (χ3v) is 3.51. The Morgan fingerprint density at radius 2 is 2.00 bits per heavy atom. The van der Waals surface area contributed by atoms with Gasteiger partial charge < -0.3 is 10.2 Å². The fourth-order valence-corrected chi connectivity index (χ4v) is 2.41. The van der Waals surface area contributed by atoms with Gasteiger partial charge in [0.1, 0.15) is 12.4 Å². The van der Waals surface area contributed by atoms with Crippen molar-refractivity contribution in [3.8, 4) is 0 Å². The monoisotopic (exact) mass is 310 g/mol. The maximum Gasteiger partial charge on any atom is 0.249 e. The minimum Gasteiger partial charge on any atom is -0.367 e. The van der Waals surface area contributed by atoms with Crippen molar-refractivity contribution in [2.45, 2.75) is 13.0 Å². The molecule has 1 unspecified atom stereocenters. The summed E-state index contributed by atoms with van der Waals surface area (Å²) in [5.41, 5.74) is 3.00. The topological polar surface area (TPSA) is 75.4 Å². The minimum absolute atomic E-state index is 0.0386. The first kappa shape index (κ1) is 15.0. The number of hydrogen-bond donors (Lipinski definition) is 1. The maximum atomic E-state index is 12.6. The van der Waals surface area contributed by atoms with Gasteiger partial charge in [0.2, 0.25) is 11.6 Å². The molecular weight excluding hydrogens is 292 g/mol. The van der Waals surface area contributed by atoms with Crippen LogP contribution in [0.5, 0.6) is 0 Å². The van der Waals surface area contributed by atoms with E-state index in [0.717, 1.165) is 16.9 Å². The molecule has 0 saturated heterocycles. The lowest BCUT2D eigenvalue weighted by atomic mass is 10.1. The Morgan fingerprint density at radius 3 is 2.70 bits per heavy atom. The second-order valence-electron chi connectivity index (χ2n) is 5.52. The van der Waals surface area contributed by atoms with Gasteiger partial charge >= 0.3 is 0 Å². The molecule has 7 nitrogen and oxygen atoms in total. The Hall–Kier alpha value is -2.96. The Balaban J connectivity index is 2.04. The molecule has 7 heteroatoms. The lowest BCUT2D eigenvalue weighted by Gasteiger charge is -2.23. The standard InChI is InChI=1S/C16H18N6O/c1-11-9-13(15-19-17-10-22(15)20-11)18-14(16(23)21(2)3)12-7-5-4-6-8-12/h4-10,14,18H,1-3H3. The zero-order chi connectivity index (χ0) is 16.4. The molecule has 0 aliphatic heterocycles. The van der Waals surface area contributed by atoms with Gasteiger partial charge in [-0.05, 0) is 18.6 Å². The number of fused-ring (bicyclic) bond motifs is 1. The number of rotatable bonds is 4. The number of carbonyl (C=O) groups excluding carboxylic acids is 1. The van der Waals surface area contributed by atoms with Gasteiger partial charge in [-0.3, -0.25) is 4.79 Å². The van der Waals surface area contributed by atoms with Crippen LogP contribution in [0.4, 0.5) is 5.69 Å². The van der Waals surface area contributed by atoms with Crippen LogP contribution in [0.2, 0.25) is 0 Å².